The normalized spacial score (nSPS) is 16.6. The quantitative estimate of drug-likeness (QED) is 0.818. The largest absolute Gasteiger partial charge is 0.335 e. The van der Waals surface area contributed by atoms with Crippen molar-refractivity contribution in [1.82, 2.24) is 4.90 Å². The Morgan fingerprint density at radius 2 is 1.95 bits per heavy atom. The third-order valence-corrected chi connectivity index (χ3v) is 4.31. The number of carbonyl (C=O) groups is 1. The van der Waals surface area contributed by atoms with E-state index in [4.69, 9.17) is 0 Å². The lowest BCUT2D eigenvalue weighted by Gasteiger charge is -2.26. The van der Waals surface area contributed by atoms with E-state index in [9.17, 15) is 9.18 Å². The van der Waals surface area contributed by atoms with Crippen LogP contribution in [0.1, 0.15) is 39.5 Å². The molecule has 2 aromatic carbocycles. The highest BCUT2D eigenvalue weighted by Crippen LogP contribution is 2.35. The summed E-state index contributed by atoms with van der Waals surface area (Å²) in [4.78, 5) is 14.3. The van der Waals surface area contributed by atoms with E-state index in [-0.39, 0.29) is 17.5 Å². The van der Waals surface area contributed by atoms with Crippen molar-refractivity contribution in [3.63, 3.8) is 0 Å². The van der Waals surface area contributed by atoms with Gasteiger partial charge in [0, 0.05) is 7.05 Å². The molecule has 0 bridgehead atoms. The summed E-state index contributed by atoms with van der Waals surface area (Å²) in [6, 6.07) is 13.2. The van der Waals surface area contributed by atoms with Crippen LogP contribution < -0.4 is 0 Å². The van der Waals surface area contributed by atoms with Crippen LogP contribution in [-0.2, 0) is 6.42 Å². The average Bonchev–Trinajstić information content (AvgIpc) is 2.92. The van der Waals surface area contributed by atoms with Crippen LogP contribution in [0, 0.1) is 12.7 Å². The molecule has 2 aromatic rings. The molecule has 0 heterocycles. The summed E-state index contributed by atoms with van der Waals surface area (Å²) in [5.74, 6) is -0.668. The van der Waals surface area contributed by atoms with E-state index in [1.54, 1.807) is 37.1 Å². The summed E-state index contributed by atoms with van der Waals surface area (Å²) in [5, 5.41) is 0. The molecule has 3 heteroatoms. The Labute approximate surface area is 124 Å². The number of fused-ring (bicyclic) bond motifs is 1. The number of nitrogens with zero attached hydrogens (tertiary/aromatic N) is 1. The Morgan fingerprint density at radius 3 is 2.76 bits per heavy atom. The van der Waals surface area contributed by atoms with Crippen molar-refractivity contribution in [3.05, 3.63) is 70.5 Å². The first-order chi connectivity index (χ1) is 10.1. The minimum Gasteiger partial charge on any atom is -0.335 e. The standard InChI is InChI=1S/C18H18FNO/c1-12-6-5-9-15(17(12)19)18(21)20(2)16-11-10-13-7-3-4-8-14(13)16/h3-9,16H,10-11H2,1-2H3. The number of carbonyl (C=O) groups excluding carboxylic acids is 1. The molecule has 1 aliphatic rings. The summed E-state index contributed by atoms with van der Waals surface area (Å²) < 4.78 is 14.1. The van der Waals surface area contributed by atoms with Gasteiger partial charge in [-0.25, -0.2) is 4.39 Å². The van der Waals surface area contributed by atoms with Crippen molar-refractivity contribution in [3.8, 4) is 0 Å². The Bertz CT molecular complexity index is 695. The third kappa shape index (κ3) is 2.33. The second-order valence-corrected chi connectivity index (χ2v) is 5.61. The molecule has 1 unspecified atom stereocenters. The summed E-state index contributed by atoms with van der Waals surface area (Å²) in [7, 11) is 1.76. The van der Waals surface area contributed by atoms with E-state index in [1.165, 1.54) is 11.1 Å². The molecule has 0 fully saturated rings. The highest BCUT2D eigenvalue weighted by atomic mass is 19.1. The molecule has 0 spiro atoms. The third-order valence-electron chi connectivity index (χ3n) is 4.31. The number of amides is 1. The van der Waals surface area contributed by atoms with E-state index in [2.05, 4.69) is 12.1 Å². The Kier molecular flexibility index (Phi) is 3.50. The van der Waals surface area contributed by atoms with Crippen molar-refractivity contribution in [2.45, 2.75) is 25.8 Å². The van der Waals surface area contributed by atoms with Crippen LogP contribution in [0.4, 0.5) is 4.39 Å². The van der Waals surface area contributed by atoms with Gasteiger partial charge < -0.3 is 4.90 Å². The summed E-state index contributed by atoms with van der Waals surface area (Å²) in [5.41, 5.74) is 3.12. The first kappa shape index (κ1) is 13.8. The molecule has 2 nitrogen and oxygen atoms in total. The zero-order chi connectivity index (χ0) is 15.0. The molecule has 1 atom stereocenters. The van der Waals surface area contributed by atoms with Crippen molar-refractivity contribution in [2.75, 3.05) is 7.05 Å². The van der Waals surface area contributed by atoms with Crippen molar-refractivity contribution >= 4 is 5.91 Å². The van der Waals surface area contributed by atoms with Gasteiger partial charge in [-0.05, 0) is 42.5 Å². The molecule has 0 saturated carbocycles. The Balaban J connectivity index is 1.91. The fraction of sp³-hybridized carbons (Fsp3) is 0.278. The van der Waals surface area contributed by atoms with Crippen LogP contribution in [-0.4, -0.2) is 17.9 Å². The zero-order valence-corrected chi connectivity index (χ0v) is 12.3. The molecule has 0 aromatic heterocycles. The van der Waals surface area contributed by atoms with Gasteiger partial charge in [0.25, 0.3) is 5.91 Å². The number of aryl methyl sites for hydroxylation is 2. The molecule has 1 amide bonds. The van der Waals surface area contributed by atoms with Crippen molar-refractivity contribution in [2.24, 2.45) is 0 Å². The lowest BCUT2D eigenvalue weighted by Crippen LogP contribution is -2.30. The van der Waals surface area contributed by atoms with E-state index < -0.39 is 5.82 Å². The zero-order valence-electron chi connectivity index (χ0n) is 12.3. The molecule has 0 saturated heterocycles. The minimum atomic E-state index is -0.416. The van der Waals surface area contributed by atoms with Gasteiger partial charge in [-0.3, -0.25) is 4.79 Å². The highest BCUT2D eigenvalue weighted by molar-refractivity contribution is 5.94. The summed E-state index contributed by atoms with van der Waals surface area (Å²) in [6.45, 7) is 1.68. The van der Waals surface area contributed by atoms with Crippen molar-refractivity contribution in [1.29, 1.82) is 0 Å². The van der Waals surface area contributed by atoms with Crippen molar-refractivity contribution < 1.29 is 9.18 Å². The van der Waals surface area contributed by atoms with Gasteiger partial charge in [-0.2, -0.15) is 0 Å². The van der Waals surface area contributed by atoms with E-state index >= 15 is 0 Å². The maximum Gasteiger partial charge on any atom is 0.257 e. The lowest BCUT2D eigenvalue weighted by molar-refractivity contribution is 0.0725. The predicted molar refractivity (Wildman–Crippen MR) is 80.7 cm³/mol. The SMILES string of the molecule is Cc1cccc(C(=O)N(C)C2CCc3ccccc32)c1F. The average molecular weight is 283 g/mol. The summed E-state index contributed by atoms with van der Waals surface area (Å²) >= 11 is 0. The molecule has 3 rings (SSSR count). The van der Waals surface area contributed by atoms with Crippen LogP contribution >= 0.6 is 0 Å². The van der Waals surface area contributed by atoms with Gasteiger partial charge in [0.1, 0.15) is 5.82 Å². The highest BCUT2D eigenvalue weighted by Gasteiger charge is 2.29. The number of hydrogen-bond donors (Lipinski definition) is 0. The number of benzene rings is 2. The Morgan fingerprint density at radius 1 is 1.19 bits per heavy atom. The lowest BCUT2D eigenvalue weighted by atomic mass is 10.1. The molecule has 21 heavy (non-hydrogen) atoms. The summed E-state index contributed by atoms with van der Waals surface area (Å²) in [6.07, 6.45) is 1.86. The Hall–Kier alpha value is -2.16. The van der Waals surface area contributed by atoms with E-state index in [0.29, 0.717) is 5.56 Å². The van der Waals surface area contributed by atoms with Gasteiger partial charge in [-0.1, -0.05) is 36.4 Å². The van der Waals surface area contributed by atoms with E-state index in [0.717, 1.165) is 12.8 Å². The van der Waals surface area contributed by atoms with Crippen LogP contribution in [0.5, 0.6) is 0 Å². The van der Waals surface area contributed by atoms with Crippen LogP contribution in [0.15, 0.2) is 42.5 Å². The van der Waals surface area contributed by atoms with Crippen LogP contribution in [0.3, 0.4) is 0 Å². The van der Waals surface area contributed by atoms with Gasteiger partial charge in [0.2, 0.25) is 0 Å². The first-order valence-electron chi connectivity index (χ1n) is 7.19. The predicted octanol–water partition coefficient (Wildman–Crippen LogP) is 3.89. The topological polar surface area (TPSA) is 20.3 Å². The molecule has 108 valence electrons. The second kappa shape index (κ2) is 5.32. The molecule has 0 aliphatic heterocycles. The number of hydrogen-bond acceptors (Lipinski definition) is 1. The van der Waals surface area contributed by atoms with Gasteiger partial charge >= 0.3 is 0 Å². The minimum absolute atomic E-state index is 0.0358. The van der Waals surface area contributed by atoms with Gasteiger partial charge in [-0.15, -0.1) is 0 Å². The number of halogens is 1. The molecular weight excluding hydrogens is 265 g/mol. The fourth-order valence-corrected chi connectivity index (χ4v) is 3.08. The van der Waals surface area contributed by atoms with Gasteiger partial charge in [0.15, 0.2) is 0 Å². The molecular formula is C18H18FNO. The monoisotopic (exact) mass is 283 g/mol. The fourth-order valence-electron chi connectivity index (χ4n) is 3.08. The van der Waals surface area contributed by atoms with E-state index in [1.807, 2.05) is 12.1 Å². The molecule has 0 N–H and O–H groups in total. The molecule has 0 radical (unpaired) electrons. The van der Waals surface area contributed by atoms with Gasteiger partial charge in [0.05, 0.1) is 11.6 Å². The van der Waals surface area contributed by atoms with Crippen LogP contribution in [0.2, 0.25) is 0 Å². The smallest absolute Gasteiger partial charge is 0.257 e. The second-order valence-electron chi connectivity index (χ2n) is 5.61. The number of rotatable bonds is 2. The first-order valence-corrected chi connectivity index (χ1v) is 7.19. The van der Waals surface area contributed by atoms with Crippen LogP contribution in [0.25, 0.3) is 0 Å². The maximum absolute atomic E-state index is 14.1. The molecule has 1 aliphatic carbocycles. The maximum atomic E-state index is 14.1.